The van der Waals surface area contributed by atoms with E-state index in [0.29, 0.717) is 6.04 Å². The van der Waals surface area contributed by atoms with Crippen molar-refractivity contribution in [2.24, 2.45) is 0 Å². The van der Waals surface area contributed by atoms with E-state index in [9.17, 15) is 0 Å². The molecule has 0 aliphatic rings. The van der Waals surface area contributed by atoms with Crippen LogP contribution in [0.15, 0.2) is 31.1 Å². The van der Waals surface area contributed by atoms with Crippen LogP contribution in [0.4, 0.5) is 0 Å². The topological polar surface area (TPSA) is 24.9 Å². The van der Waals surface area contributed by atoms with Crippen LogP contribution in [0.5, 0.6) is 0 Å². The number of hydrogen-bond donors (Lipinski definition) is 1. The van der Waals surface area contributed by atoms with Crippen LogP contribution < -0.4 is 5.32 Å². The minimum atomic E-state index is 0.380. The van der Waals surface area contributed by atoms with Gasteiger partial charge < -0.3 is 5.32 Å². The van der Waals surface area contributed by atoms with Gasteiger partial charge in [0, 0.05) is 18.4 Å². The molecule has 0 saturated heterocycles. The van der Waals surface area contributed by atoms with E-state index in [2.05, 4.69) is 36.8 Å². The standard InChI is InChI=1S/C13H20N2/c1-4-6-13(15-8-5-2)12-7-9-14-10-11(12)3/h4,7,9-10,13,15H,1,5-6,8H2,2-3H3. The van der Waals surface area contributed by atoms with Crippen molar-refractivity contribution in [1.82, 2.24) is 10.3 Å². The molecule has 82 valence electrons. The largest absolute Gasteiger partial charge is 0.310 e. The molecule has 0 bridgehead atoms. The monoisotopic (exact) mass is 204 g/mol. The third-order valence-electron chi connectivity index (χ3n) is 2.48. The maximum absolute atomic E-state index is 4.11. The first-order chi connectivity index (χ1) is 7.29. The second-order valence-electron chi connectivity index (χ2n) is 3.76. The summed E-state index contributed by atoms with van der Waals surface area (Å²) < 4.78 is 0. The van der Waals surface area contributed by atoms with Gasteiger partial charge >= 0.3 is 0 Å². The predicted octanol–water partition coefficient (Wildman–Crippen LogP) is 3.01. The second kappa shape index (κ2) is 6.36. The number of rotatable bonds is 6. The molecule has 0 spiro atoms. The van der Waals surface area contributed by atoms with Gasteiger partial charge in [0.15, 0.2) is 0 Å². The Balaban J connectivity index is 2.78. The molecule has 1 aromatic rings. The molecule has 15 heavy (non-hydrogen) atoms. The van der Waals surface area contributed by atoms with E-state index in [1.807, 2.05) is 18.5 Å². The Bertz CT molecular complexity index is 307. The fourth-order valence-electron chi connectivity index (χ4n) is 1.68. The lowest BCUT2D eigenvalue weighted by atomic mass is 10.0. The Morgan fingerprint density at radius 1 is 1.60 bits per heavy atom. The first-order valence-corrected chi connectivity index (χ1v) is 5.54. The summed E-state index contributed by atoms with van der Waals surface area (Å²) in [5, 5.41) is 3.53. The first-order valence-electron chi connectivity index (χ1n) is 5.54. The van der Waals surface area contributed by atoms with Gasteiger partial charge in [-0.1, -0.05) is 13.0 Å². The molecule has 1 unspecified atom stereocenters. The number of nitrogens with one attached hydrogen (secondary N) is 1. The quantitative estimate of drug-likeness (QED) is 0.720. The van der Waals surface area contributed by atoms with E-state index in [4.69, 9.17) is 0 Å². The van der Waals surface area contributed by atoms with Gasteiger partial charge in [0.2, 0.25) is 0 Å². The highest BCUT2D eigenvalue weighted by Crippen LogP contribution is 2.19. The lowest BCUT2D eigenvalue weighted by Gasteiger charge is -2.18. The van der Waals surface area contributed by atoms with Gasteiger partial charge in [-0.05, 0) is 43.5 Å². The van der Waals surface area contributed by atoms with E-state index < -0.39 is 0 Å². The van der Waals surface area contributed by atoms with Crippen LogP contribution in [0.3, 0.4) is 0 Å². The number of hydrogen-bond acceptors (Lipinski definition) is 2. The van der Waals surface area contributed by atoms with Crippen molar-refractivity contribution in [2.45, 2.75) is 32.7 Å². The smallest absolute Gasteiger partial charge is 0.0358 e. The second-order valence-corrected chi connectivity index (χ2v) is 3.76. The van der Waals surface area contributed by atoms with Gasteiger partial charge in [-0.15, -0.1) is 6.58 Å². The van der Waals surface area contributed by atoms with Crippen LogP contribution in [0.1, 0.15) is 36.9 Å². The summed E-state index contributed by atoms with van der Waals surface area (Å²) in [5.74, 6) is 0. The highest BCUT2D eigenvalue weighted by atomic mass is 14.9. The number of aryl methyl sites for hydroxylation is 1. The number of nitrogens with zero attached hydrogens (tertiary/aromatic N) is 1. The maximum atomic E-state index is 4.11. The molecule has 2 nitrogen and oxygen atoms in total. The minimum Gasteiger partial charge on any atom is -0.310 e. The van der Waals surface area contributed by atoms with E-state index >= 15 is 0 Å². The van der Waals surface area contributed by atoms with Crippen molar-refractivity contribution < 1.29 is 0 Å². The molecule has 1 N–H and O–H groups in total. The van der Waals surface area contributed by atoms with Crippen molar-refractivity contribution in [3.05, 3.63) is 42.2 Å². The predicted molar refractivity (Wildman–Crippen MR) is 64.8 cm³/mol. The van der Waals surface area contributed by atoms with Gasteiger partial charge in [0.05, 0.1) is 0 Å². The van der Waals surface area contributed by atoms with Crippen molar-refractivity contribution in [1.29, 1.82) is 0 Å². The SMILES string of the molecule is C=CCC(NCCC)c1ccncc1C. The molecular weight excluding hydrogens is 184 g/mol. The fourth-order valence-corrected chi connectivity index (χ4v) is 1.68. The molecule has 1 heterocycles. The average molecular weight is 204 g/mol. The molecule has 2 heteroatoms. The molecule has 0 amide bonds. The molecule has 0 aliphatic heterocycles. The normalized spacial score (nSPS) is 12.4. The lowest BCUT2D eigenvalue weighted by molar-refractivity contribution is 0.534. The Labute approximate surface area is 92.4 Å². The summed E-state index contributed by atoms with van der Waals surface area (Å²) in [5.41, 5.74) is 2.58. The Morgan fingerprint density at radius 3 is 3.00 bits per heavy atom. The highest BCUT2D eigenvalue weighted by molar-refractivity contribution is 5.25. The maximum Gasteiger partial charge on any atom is 0.0358 e. The summed E-state index contributed by atoms with van der Waals surface area (Å²) in [6, 6.07) is 2.47. The molecule has 0 aromatic carbocycles. The zero-order valence-corrected chi connectivity index (χ0v) is 9.66. The van der Waals surface area contributed by atoms with Crippen molar-refractivity contribution in [3.63, 3.8) is 0 Å². The van der Waals surface area contributed by atoms with Crippen molar-refractivity contribution in [3.8, 4) is 0 Å². The number of aromatic nitrogens is 1. The molecule has 1 atom stereocenters. The third kappa shape index (κ3) is 3.48. The van der Waals surface area contributed by atoms with E-state index in [0.717, 1.165) is 19.4 Å². The minimum absolute atomic E-state index is 0.380. The summed E-state index contributed by atoms with van der Waals surface area (Å²) >= 11 is 0. The van der Waals surface area contributed by atoms with Crippen LogP contribution in [-0.2, 0) is 0 Å². The highest BCUT2D eigenvalue weighted by Gasteiger charge is 2.10. The summed E-state index contributed by atoms with van der Waals surface area (Å²) in [4.78, 5) is 4.11. The first kappa shape index (κ1) is 11.9. The lowest BCUT2D eigenvalue weighted by Crippen LogP contribution is -2.22. The van der Waals surface area contributed by atoms with Crippen LogP contribution in [-0.4, -0.2) is 11.5 Å². The Hall–Kier alpha value is -1.15. The van der Waals surface area contributed by atoms with E-state index in [1.165, 1.54) is 11.1 Å². The zero-order valence-electron chi connectivity index (χ0n) is 9.66. The Morgan fingerprint density at radius 2 is 2.40 bits per heavy atom. The molecule has 1 aromatic heterocycles. The molecule has 0 aliphatic carbocycles. The van der Waals surface area contributed by atoms with Crippen molar-refractivity contribution in [2.75, 3.05) is 6.54 Å². The molecule has 0 radical (unpaired) electrons. The van der Waals surface area contributed by atoms with Crippen LogP contribution >= 0.6 is 0 Å². The third-order valence-corrected chi connectivity index (χ3v) is 2.48. The summed E-state index contributed by atoms with van der Waals surface area (Å²) in [7, 11) is 0. The van der Waals surface area contributed by atoms with Gasteiger partial charge in [-0.25, -0.2) is 0 Å². The van der Waals surface area contributed by atoms with Gasteiger partial charge in [-0.2, -0.15) is 0 Å². The van der Waals surface area contributed by atoms with Gasteiger partial charge in [0.25, 0.3) is 0 Å². The molecule has 0 fully saturated rings. The number of pyridine rings is 1. The van der Waals surface area contributed by atoms with Gasteiger partial charge in [-0.3, -0.25) is 4.98 Å². The summed E-state index contributed by atoms with van der Waals surface area (Å²) in [6.07, 6.45) is 7.85. The zero-order chi connectivity index (χ0) is 11.1. The van der Waals surface area contributed by atoms with E-state index in [-0.39, 0.29) is 0 Å². The molecule has 0 saturated carbocycles. The fraction of sp³-hybridized carbons (Fsp3) is 0.462. The van der Waals surface area contributed by atoms with Crippen LogP contribution in [0, 0.1) is 6.92 Å². The van der Waals surface area contributed by atoms with Crippen LogP contribution in [0.2, 0.25) is 0 Å². The molecule has 1 rings (SSSR count). The molecular formula is C13H20N2. The van der Waals surface area contributed by atoms with Gasteiger partial charge in [0.1, 0.15) is 0 Å². The summed E-state index contributed by atoms with van der Waals surface area (Å²) in [6.45, 7) is 9.13. The van der Waals surface area contributed by atoms with Crippen molar-refractivity contribution >= 4 is 0 Å². The average Bonchev–Trinajstić information content (AvgIpc) is 2.25. The Kier molecular flexibility index (Phi) is 5.05. The van der Waals surface area contributed by atoms with E-state index in [1.54, 1.807) is 0 Å². The van der Waals surface area contributed by atoms with Crippen LogP contribution in [0.25, 0.3) is 0 Å².